The van der Waals surface area contributed by atoms with E-state index in [0.717, 1.165) is 35.3 Å². The van der Waals surface area contributed by atoms with Crippen LogP contribution in [0, 0.1) is 32.2 Å². The zero-order valence-electron chi connectivity index (χ0n) is 22.7. The minimum absolute atomic E-state index is 0.238. The predicted molar refractivity (Wildman–Crippen MR) is 139 cm³/mol. The Morgan fingerprint density at radius 3 is 2.17 bits per heavy atom. The number of ether oxygens (including phenoxy) is 1. The van der Waals surface area contributed by atoms with Crippen molar-refractivity contribution < 1.29 is 19.1 Å². The summed E-state index contributed by atoms with van der Waals surface area (Å²) in [6.07, 6.45) is 8.60. The van der Waals surface area contributed by atoms with Crippen molar-refractivity contribution in [3.8, 4) is 12.5 Å². The molecule has 3 atom stereocenters. The Bertz CT molecular complexity index is 894. The van der Waals surface area contributed by atoms with Gasteiger partial charge in [0.15, 0.2) is 0 Å². The topological polar surface area (TPSA) is 87.7 Å². The summed E-state index contributed by atoms with van der Waals surface area (Å²) < 4.78 is 5.37. The molecule has 7 heteroatoms. The standard InChI is InChI=1S/C28H43N3O4/c1-10-13-14-15-29-25(32)24(22-17-19(4)16-20(5)18-22)31(12-3)26(33)23(21(6)11-2)30-27(34)35-28(7,8)9/h3,16-18,21,23-24H,10-11,13-15H2,1-2,4-9H3,(H,29,32)(H,30,34). The van der Waals surface area contributed by atoms with Crippen molar-refractivity contribution in [1.29, 1.82) is 0 Å². The molecule has 3 unspecified atom stereocenters. The fourth-order valence-corrected chi connectivity index (χ4v) is 3.80. The number of hydrogen-bond donors (Lipinski definition) is 2. The fourth-order valence-electron chi connectivity index (χ4n) is 3.80. The van der Waals surface area contributed by atoms with Crippen molar-refractivity contribution in [2.45, 2.75) is 98.8 Å². The van der Waals surface area contributed by atoms with Gasteiger partial charge in [0.2, 0.25) is 5.91 Å². The summed E-state index contributed by atoms with van der Waals surface area (Å²) in [4.78, 5) is 40.8. The van der Waals surface area contributed by atoms with E-state index in [-0.39, 0.29) is 11.8 Å². The smallest absolute Gasteiger partial charge is 0.408 e. The van der Waals surface area contributed by atoms with E-state index in [4.69, 9.17) is 11.2 Å². The van der Waals surface area contributed by atoms with Crippen LogP contribution in [0.15, 0.2) is 18.2 Å². The van der Waals surface area contributed by atoms with Crippen LogP contribution in [0.5, 0.6) is 0 Å². The molecule has 0 aliphatic carbocycles. The van der Waals surface area contributed by atoms with Gasteiger partial charge in [0, 0.05) is 12.6 Å². The number of rotatable bonds is 11. The van der Waals surface area contributed by atoms with Crippen molar-refractivity contribution >= 4 is 17.9 Å². The lowest BCUT2D eigenvalue weighted by Gasteiger charge is -2.32. The lowest BCUT2D eigenvalue weighted by atomic mass is 9.95. The molecule has 1 rings (SSSR count). The minimum Gasteiger partial charge on any atom is -0.444 e. The van der Waals surface area contributed by atoms with E-state index in [9.17, 15) is 14.4 Å². The molecule has 0 aliphatic heterocycles. The monoisotopic (exact) mass is 485 g/mol. The maximum Gasteiger partial charge on any atom is 0.408 e. The number of benzene rings is 1. The third-order valence-electron chi connectivity index (χ3n) is 5.67. The van der Waals surface area contributed by atoms with Crippen LogP contribution >= 0.6 is 0 Å². The number of nitrogens with zero attached hydrogens (tertiary/aromatic N) is 1. The summed E-state index contributed by atoms with van der Waals surface area (Å²) in [5.41, 5.74) is 1.82. The number of terminal acetylenes is 1. The lowest BCUT2D eigenvalue weighted by molar-refractivity contribution is -0.139. The number of unbranched alkanes of at least 4 members (excludes halogenated alkanes) is 2. The second kappa shape index (κ2) is 13.8. The van der Waals surface area contributed by atoms with E-state index < -0.39 is 29.7 Å². The quantitative estimate of drug-likeness (QED) is 0.262. The number of nitrogens with one attached hydrogen (secondary N) is 2. The average Bonchev–Trinajstić information content (AvgIpc) is 2.75. The first-order chi connectivity index (χ1) is 16.3. The highest BCUT2D eigenvalue weighted by Crippen LogP contribution is 2.26. The van der Waals surface area contributed by atoms with Crippen molar-refractivity contribution in [2.24, 2.45) is 5.92 Å². The van der Waals surface area contributed by atoms with E-state index in [1.807, 2.05) is 45.9 Å². The number of alkyl carbamates (subject to hydrolysis) is 1. The second-order valence-electron chi connectivity index (χ2n) is 10.2. The Kier molecular flexibility index (Phi) is 11.8. The van der Waals surface area contributed by atoms with Gasteiger partial charge in [-0.1, -0.05) is 75.8 Å². The number of aryl methyl sites for hydroxylation is 2. The van der Waals surface area contributed by atoms with Gasteiger partial charge >= 0.3 is 6.09 Å². The van der Waals surface area contributed by atoms with E-state index >= 15 is 0 Å². The van der Waals surface area contributed by atoms with Crippen molar-refractivity contribution in [3.05, 3.63) is 34.9 Å². The highest BCUT2D eigenvalue weighted by molar-refractivity contribution is 5.93. The molecular weight excluding hydrogens is 442 g/mol. The molecule has 0 aliphatic rings. The summed E-state index contributed by atoms with van der Waals surface area (Å²) in [6.45, 7) is 15.5. The predicted octanol–water partition coefficient (Wildman–Crippen LogP) is 5.01. The molecule has 0 spiro atoms. The van der Waals surface area contributed by atoms with Crippen LogP contribution in [0.3, 0.4) is 0 Å². The van der Waals surface area contributed by atoms with Crippen LogP contribution in [0.1, 0.15) is 90.0 Å². The van der Waals surface area contributed by atoms with Crippen LogP contribution in [-0.4, -0.2) is 41.0 Å². The van der Waals surface area contributed by atoms with Gasteiger partial charge in [-0.15, -0.1) is 0 Å². The van der Waals surface area contributed by atoms with Gasteiger partial charge in [0.05, 0.1) is 0 Å². The SMILES string of the molecule is C#CN(C(=O)C(NC(=O)OC(C)(C)C)C(C)CC)C(C(=O)NCCCCC)c1cc(C)cc(C)c1. The molecule has 2 N–H and O–H groups in total. The van der Waals surface area contributed by atoms with Gasteiger partial charge in [0.25, 0.3) is 5.91 Å². The molecule has 194 valence electrons. The van der Waals surface area contributed by atoms with Crippen LogP contribution in [-0.2, 0) is 14.3 Å². The van der Waals surface area contributed by atoms with Crippen LogP contribution in [0.2, 0.25) is 0 Å². The van der Waals surface area contributed by atoms with Crippen molar-refractivity contribution in [1.82, 2.24) is 15.5 Å². The molecule has 0 radical (unpaired) electrons. The highest BCUT2D eigenvalue weighted by atomic mass is 16.6. The molecule has 1 aromatic carbocycles. The van der Waals surface area contributed by atoms with Gasteiger partial charge in [0.1, 0.15) is 17.7 Å². The normalized spacial score (nSPS) is 13.7. The molecule has 0 saturated heterocycles. The largest absolute Gasteiger partial charge is 0.444 e. The van der Waals surface area contributed by atoms with Crippen molar-refractivity contribution in [2.75, 3.05) is 6.54 Å². The maximum atomic E-state index is 13.8. The second-order valence-corrected chi connectivity index (χ2v) is 10.2. The minimum atomic E-state index is -1.03. The molecule has 35 heavy (non-hydrogen) atoms. The van der Waals surface area contributed by atoms with Gasteiger partial charge in [-0.05, 0) is 52.5 Å². The Labute approximate surface area is 211 Å². The van der Waals surface area contributed by atoms with E-state index in [0.29, 0.717) is 18.5 Å². The van der Waals surface area contributed by atoms with Crippen LogP contribution < -0.4 is 10.6 Å². The summed E-state index contributed by atoms with van der Waals surface area (Å²) in [6, 6.07) is 6.17. The third kappa shape index (κ3) is 9.64. The number of carbonyl (C=O) groups is 3. The first-order valence-corrected chi connectivity index (χ1v) is 12.5. The van der Waals surface area contributed by atoms with Gasteiger partial charge in [-0.3, -0.25) is 14.5 Å². The molecule has 0 saturated carbocycles. The van der Waals surface area contributed by atoms with Gasteiger partial charge in [-0.2, -0.15) is 0 Å². The van der Waals surface area contributed by atoms with Gasteiger partial charge in [-0.25, -0.2) is 4.79 Å². The fraction of sp³-hybridized carbons (Fsp3) is 0.607. The number of hydrogen-bond acceptors (Lipinski definition) is 4. The Balaban J connectivity index is 3.39. The summed E-state index contributed by atoms with van der Waals surface area (Å²) >= 11 is 0. The zero-order chi connectivity index (χ0) is 26.8. The Hall–Kier alpha value is -3.01. The highest BCUT2D eigenvalue weighted by Gasteiger charge is 2.37. The summed E-state index contributed by atoms with van der Waals surface area (Å²) in [5.74, 6) is -1.11. The zero-order valence-corrected chi connectivity index (χ0v) is 22.7. The van der Waals surface area contributed by atoms with Crippen molar-refractivity contribution in [3.63, 3.8) is 0 Å². The summed E-state index contributed by atoms with van der Waals surface area (Å²) in [7, 11) is 0. The van der Waals surface area contributed by atoms with E-state index in [1.165, 1.54) is 0 Å². The Morgan fingerprint density at radius 1 is 1.09 bits per heavy atom. The first kappa shape index (κ1) is 30.0. The maximum absolute atomic E-state index is 13.8. The molecule has 1 aromatic rings. The molecule has 0 aromatic heterocycles. The average molecular weight is 486 g/mol. The van der Waals surface area contributed by atoms with Gasteiger partial charge < -0.3 is 15.4 Å². The third-order valence-corrected chi connectivity index (χ3v) is 5.67. The van der Waals surface area contributed by atoms with E-state index in [1.54, 1.807) is 20.8 Å². The molecule has 3 amide bonds. The molecular formula is C28H43N3O4. The van der Waals surface area contributed by atoms with Crippen LogP contribution in [0.4, 0.5) is 4.79 Å². The number of amides is 3. The first-order valence-electron chi connectivity index (χ1n) is 12.5. The molecule has 0 fully saturated rings. The summed E-state index contributed by atoms with van der Waals surface area (Å²) in [5, 5.41) is 5.63. The molecule has 7 nitrogen and oxygen atoms in total. The van der Waals surface area contributed by atoms with Crippen LogP contribution in [0.25, 0.3) is 0 Å². The lowest BCUT2D eigenvalue weighted by Crippen LogP contribution is -2.54. The molecule has 0 heterocycles. The van der Waals surface area contributed by atoms with E-state index in [2.05, 4.69) is 23.6 Å². The molecule has 0 bridgehead atoms. The number of carbonyl (C=O) groups excluding carboxylic acids is 3. The Morgan fingerprint density at radius 2 is 1.69 bits per heavy atom.